The van der Waals surface area contributed by atoms with Crippen molar-refractivity contribution in [3.05, 3.63) is 95.3 Å². The number of hydrogen-bond donors (Lipinski definition) is 0. The number of carbonyl (C=O) groups is 1. The Hall–Kier alpha value is -2.81. The van der Waals surface area contributed by atoms with Crippen LogP contribution in [0.25, 0.3) is 0 Å². The first-order valence-electron chi connectivity index (χ1n) is 9.10. The Bertz CT molecular complexity index is 865. The van der Waals surface area contributed by atoms with Gasteiger partial charge in [0.2, 0.25) is 0 Å². The molecule has 0 aliphatic carbocycles. The Balaban J connectivity index is 1.80. The summed E-state index contributed by atoms with van der Waals surface area (Å²) in [7, 11) is 0. The first-order chi connectivity index (χ1) is 12.5. The van der Waals surface area contributed by atoms with Gasteiger partial charge < -0.3 is 9.47 Å². The van der Waals surface area contributed by atoms with Crippen molar-refractivity contribution in [1.29, 1.82) is 0 Å². The van der Waals surface area contributed by atoms with E-state index in [1.165, 1.54) is 11.1 Å². The molecule has 3 aromatic rings. The fraction of sp³-hybridized carbons (Fsp3) is 0.261. The molecule has 1 aromatic heterocycles. The number of nitrogens with zero attached hydrogens (tertiary/aromatic N) is 2. The maximum Gasteiger partial charge on any atom is 0.254 e. The minimum absolute atomic E-state index is 0.0731. The molecule has 3 nitrogen and oxygen atoms in total. The molecular formula is C23H26N2O. The number of aryl methyl sites for hydroxylation is 1. The van der Waals surface area contributed by atoms with Crippen LogP contribution in [0, 0.1) is 6.92 Å². The molecule has 0 saturated heterocycles. The van der Waals surface area contributed by atoms with Gasteiger partial charge in [0.1, 0.15) is 0 Å². The van der Waals surface area contributed by atoms with Crippen LogP contribution in [0.5, 0.6) is 0 Å². The summed E-state index contributed by atoms with van der Waals surface area (Å²) in [6, 6.07) is 22.3. The Morgan fingerprint density at radius 3 is 2.46 bits per heavy atom. The van der Waals surface area contributed by atoms with Crippen molar-refractivity contribution in [2.45, 2.75) is 39.9 Å². The van der Waals surface area contributed by atoms with E-state index in [0.717, 1.165) is 17.8 Å². The summed E-state index contributed by atoms with van der Waals surface area (Å²) in [6.45, 7) is 7.65. The van der Waals surface area contributed by atoms with E-state index >= 15 is 0 Å². The topological polar surface area (TPSA) is 25.2 Å². The van der Waals surface area contributed by atoms with Crippen LogP contribution in [0.2, 0.25) is 0 Å². The first kappa shape index (κ1) is 18.0. The van der Waals surface area contributed by atoms with Crippen LogP contribution in [0.3, 0.4) is 0 Å². The predicted octanol–water partition coefficient (Wildman–Crippen LogP) is 4.90. The van der Waals surface area contributed by atoms with Crippen molar-refractivity contribution < 1.29 is 4.79 Å². The number of carbonyl (C=O) groups excluding carboxylic acids is 1. The van der Waals surface area contributed by atoms with Crippen molar-refractivity contribution in [3.8, 4) is 0 Å². The molecule has 26 heavy (non-hydrogen) atoms. The van der Waals surface area contributed by atoms with Crippen LogP contribution in [-0.4, -0.2) is 21.4 Å². The lowest BCUT2D eigenvalue weighted by atomic mass is 10.1. The van der Waals surface area contributed by atoms with E-state index in [1.807, 2.05) is 35.2 Å². The third-order valence-electron chi connectivity index (χ3n) is 4.60. The van der Waals surface area contributed by atoms with E-state index < -0.39 is 0 Å². The molecule has 0 N–H and O–H groups in total. The van der Waals surface area contributed by atoms with Crippen molar-refractivity contribution in [3.63, 3.8) is 0 Å². The Labute approximate surface area is 155 Å². The number of aromatic nitrogens is 1. The highest BCUT2D eigenvalue weighted by Crippen LogP contribution is 2.16. The van der Waals surface area contributed by atoms with Crippen LogP contribution in [0.4, 0.5) is 0 Å². The highest BCUT2D eigenvalue weighted by atomic mass is 16.2. The molecule has 0 saturated carbocycles. The van der Waals surface area contributed by atoms with E-state index in [0.29, 0.717) is 6.54 Å². The van der Waals surface area contributed by atoms with E-state index in [-0.39, 0.29) is 11.9 Å². The van der Waals surface area contributed by atoms with Crippen molar-refractivity contribution in [2.24, 2.45) is 0 Å². The van der Waals surface area contributed by atoms with Crippen molar-refractivity contribution in [2.75, 3.05) is 0 Å². The number of rotatable bonds is 6. The lowest BCUT2D eigenvalue weighted by Crippen LogP contribution is -2.37. The fourth-order valence-electron chi connectivity index (χ4n) is 3.16. The second kappa shape index (κ2) is 8.05. The summed E-state index contributed by atoms with van der Waals surface area (Å²) in [6.07, 6.45) is 2.09. The van der Waals surface area contributed by atoms with Gasteiger partial charge in [-0.15, -0.1) is 0 Å². The standard InChI is InChI=1S/C23H26N2O/c1-18(2)25(23(26)21-11-5-4-6-12-21)17-22-13-8-14-24(22)16-20-10-7-9-19(3)15-20/h4-15,18H,16-17H2,1-3H3. The quantitative estimate of drug-likeness (QED) is 0.623. The smallest absolute Gasteiger partial charge is 0.254 e. The average molecular weight is 346 g/mol. The molecular weight excluding hydrogens is 320 g/mol. The molecule has 0 bridgehead atoms. The third-order valence-corrected chi connectivity index (χ3v) is 4.60. The third kappa shape index (κ3) is 4.23. The second-order valence-corrected chi connectivity index (χ2v) is 7.01. The molecule has 3 rings (SSSR count). The average Bonchev–Trinajstić information content (AvgIpc) is 3.06. The van der Waals surface area contributed by atoms with E-state index in [4.69, 9.17) is 0 Å². The minimum atomic E-state index is 0.0731. The highest BCUT2D eigenvalue weighted by molar-refractivity contribution is 5.94. The summed E-state index contributed by atoms with van der Waals surface area (Å²) < 4.78 is 2.22. The summed E-state index contributed by atoms with van der Waals surface area (Å²) in [4.78, 5) is 14.9. The van der Waals surface area contributed by atoms with Gasteiger partial charge in [-0.3, -0.25) is 4.79 Å². The van der Waals surface area contributed by atoms with Gasteiger partial charge in [-0.25, -0.2) is 0 Å². The van der Waals surface area contributed by atoms with E-state index in [2.05, 4.69) is 67.9 Å². The van der Waals surface area contributed by atoms with Gasteiger partial charge in [0.25, 0.3) is 5.91 Å². The SMILES string of the molecule is Cc1cccc(Cn2cccc2CN(C(=O)c2ccccc2)C(C)C)c1. The summed E-state index contributed by atoms with van der Waals surface area (Å²) in [5, 5.41) is 0. The monoisotopic (exact) mass is 346 g/mol. The molecule has 0 fully saturated rings. The van der Waals surface area contributed by atoms with Gasteiger partial charge in [-0.1, -0.05) is 48.0 Å². The van der Waals surface area contributed by atoms with Crippen LogP contribution < -0.4 is 0 Å². The molecule has 3 heteroatoms. The summed E-state index contributed by atoms with van der Waals surface area (Å²) in [5.41, 5.74) is 4.41. The molecule has 2 aromatic carbocycles. The summed E-state index contributed by atoms with van der Waals surface area (Å²) in [5.74, 6) is 0.0731. The summed E-state index contributed by atoms with van der Waals surface area (Å²) >= 11 is 0. The van der Waals surface area contributed by atoms with Crippen LogP contribution >= 0.6 is 0 Å². The zero-order valence-electron chi connectivity index (χ0n) is 15.7. The Kier molecular flexibility index (Phi) is 5.57. The fourth-order valence-corrected chi connectivity index (χ4v) is 3.16. The molecule has 0 atom stereocenters. The van der Waals surface area contributed by atoms with Gasteiger partial charge in [-0.2, -0.15) is 0 Å². The predicted molar refractivity (Wildman–Crippen MR) is 106 cm³/mol. The van der Waals surface area contributed by atoms with Crippen LogP contribution in [-0.2, 0) is 13.1 Å². The van der Waals surface area contributed by atoms with Gasteiger partial charge in [-0.05, 0) is 50.6 Å². The molecule has 0 spiro atoms. The maximum atomic E-state index is 12.9. The number of amides is 1. The molecule has 0 radical (unpaired) electrons. The van der Waals surface area contributed by atoms with Gasteiger partial charge >= 0.3 is 0 Å². The molecule has 1 amide bonds. The number of benzene rings is 2. The molecule has 0 unspecified atom stereocenters. The van der Waals surface area contributed by atoms with Gasteiger partial charge in [0.05, 0.1) is 6.54 Å². The lowest BCUT2D eigenvalue weighted by molar-refractivity contribution is 0.0686. The Morgan fingerprint density at radius 2 is 1.77 bits per heavy atom. The zero-order valence-corrected chi connectivity index (χ0v) is 15.7. The van der Waals surface area contributed by atoms with E-state index in [9.17, 15) is 4.79 Å². The molecule has 0 aliphatic heterocycles. The van der Waals surface area contributed by atoms with Gasteiger partial charge in [0, 0.05) is 30.0 Å². The van der Waals surface area contributed by atoms with Crippen LogP contribution in [0.15, 0.2) is 72.9 Å². The highest BCUT2D eigenvalue weighted by Gasteiger charge is 2.20. The molecule has 0 aliphatic rings. The normalized spacial score (nSPS) is 10.9. The van der Waals surface area contributed by atoms with Crippen LogP contribution in [0.1, 0.15) is 41.0 Å². The molecule has 134 valence electrons. The second-order valence-electron chi connectivity index (χ2n) is 7.01. The first-order valence-corrected chi connectivity index (χ1v) is 9.10. The lowest BCUT2D eigenvalue weighted by Gasteiger charge is -2.27. The van der Waals surface area contributed by atoms with E-state index in [1.54, 1.807) is 0 Å². The minimum Gasteiger partial charge on any atom is -0.345 e. The van der Waals surface area contributed by atoms with Crippen molar-refractivity contribution >= 4 is 5.91 Å². The van der Waals surface area contributed by atoms with Crippen molar-refractivity contribution in [1.82, 2.24) is 9.47 Å². The van der Waals surface area contributed by atoms with Gasteiger partial charge in [0.15, 0.2) is 0 Å². The largest absolute Gasteiger partial charge is 0.345 e. The Morgan fingerprint density at radius 1 is 1.00 bits per heavy atom. The maximum absolute atomic E-state index is 12.9. The molecule has 1 heterocycles. The zero-order chi connectivity index (χ0) is 18.5. The number of hydrogen-bond acceptors (Lipinski definition) is 1.